The van der Waals surface area contributed by atoms with Crippen LogP contribution in [0.4, 0.5) is 17.6 Å². The van der Waals surface area contributed by atoms with Crippen LogP contribution in [0.15, 0.2) is 6.07 Å². The highest BCUT2D eigenvalue weighted by molar-refractivity contribution is 5.72. The molecule has 0 unspecified atom stereocenters. The van der Waals surface area contributed by atoms with Crippen molar-refractivity contribution in [3.63, 3.8) is 0 Å². The SMILES string of the molecule is COCCOCCC(=O)Oc1c(F)c(F)cc(F)c1F. The van der Waals surface area contributed by atoms with Gasteiger partial charge in [0.25, 0.3) is 0 Å². The van der Waals surface area contributed by atoms with Gasteiger partial charge in [-0.2, -0.15) is 8.78 Å². The van der Waals surface area contributed by atoms with Crippen LogP contribution in [0.25, 0.3) is 0 Å². The fourth-order valence-electron chi connectivity index (χ4n) is 1.21. The van der Waals surface area contributed by atoms with Crippen LogP contribution in [0.2, 0.25) is 0 Å². The lowest BCUT2D eigenvalue weighted by atomic mass is 10.3. The summed E-state index contributed by atoms with van der Waals surface area (Å²) in [6.07, 6.45) is -0.333. The summed E-state index contributed by atoms with van der Waals surface area (Å²) in [6, 6.07) is 0.0237. The molecule has 20 heavy (non-hydrogen) atoms. The second kappa shape index (κ2) is 7.81. The van der Waals surface area contributed by atoms with Gasteiger partial charge in [-0.05, 0) is 0 Å². The van der Waals surface area contributed by atoms with Gasteiger partial charge in [0, 0.05) is 13.2 Å². The average Bonchev–Trinajstić information content (AvgIpc) is 2.41. The Morgan fingerprint density at radius 1 is 1.05 bits per heavy atom. The molecular weight excluding hydrogens is 284 g/mol. The van der Waals surface area contributed by atoms with Gasteiger partial charge in [0.15, 0.2) is 11.6 Å². The van der Waals surface area contributed by atoms with Crippen molar-refractivity contribution in [2.45, 2.75) is 6.42 Å². The Morgan fingerprint density at radius 3 is 2.20 bits per heavy atom. The molecule has 0 heterocycles. The van der Waals surface area contributed by atoms with E-state index in [0.29, 0.717) is 6.61 Å². The highest BCUT2D eigenvalue weighted by Crippen LogP contribution is 2.26. The largest absolute Gasteiger partial charge is 0.420 e. The number of rotatable bonds is 7. The minimum absolute atomic E-state index is 0.0237. The van der Waals surface area contributed by atoms with Crippen LogP contribution < -0.4 is 4.74 Å². The first-order valence-electron chi connectivity index (χ1n) is 5.57. The third kappa shape index (κ3) is 4.46. The first-order valence-corrected chi connectivity index (χ1v) is 5.57. The molecule has 0 aliphatic rings. The third-order valence-corrected chi connectivity index (χ3v) is 2.17. The van der Waals surface area contributed by atoms with E-state index in [4.69, 9.17) is 4.74 Å². The van der Waals surface area contributed by atoms with Crippen molar-refractivity contribution in [3.8, 4) is 5.75 Å². The summed E-state index contributed by atoms with van der Waals surface area (Å²) in [5.74, 6) is -9.31. The van der Waals surface area contributed by atoms with Crippen molar-refractivity contribution >= 4 is 5.97 Å². The standard InChI is InChI=1S/C12H12F4O4/c1-18-4-5-19-3-2-9(17)20-12-10(15)7(13)6-8(14)11(12)16/h6H,2-5H2,1H3. The Kier molecular flexibility index (Phi) is 6.40. The molecule has 0 aliphatic carbocycles. The smallest absolute Gasteiger partial charge is 0.313 e. The van der Waals surface area contributed by atoms with Gasteiger partial charge in [-0.15, -0.1) is 0 Å². The molecule has 1 aromatic carbocycles. The average molecular weight is 296 g/mol. The number of ether oxygens (including phenoxy) is 3. The molecule has 0 fully saturated rings. The minimum atomic E-state index is -1.77. The van der Waals surface area contributed by atoms with Crippen LogP contribution >= 0.6 is 0 Å². The molecule has 112 valence electrons. The number of carbonyl (C=O) groups is 1. The van der Waals surface area contributed by atoms with E-state index < -0.39 is 35.0 Å². The first-order chi connectivity index (χ1) is 9.47. The van der Waals surface area contributed by atoms with Crippen molar-refractivity contribution in [1.82, 2.24) is 0 Å². The number of halogens is 4. The fraction of sp³-hybridized carbons (Fsp3) is 0.417. The molecule has 0 amide bonds. The monoisotopic (exact) mass is 296 g/mol. The molecular formula is C12H12F4O4. The fourth-order valence-corrected chi connectivity index (χ4v) is 1.21. The summed E-state index contributed by atoms with van der Waals surface area (Å²) < 4.78 is 65.9. The van der Waals surface area contributed by atoms with Crippen molar-refractivity contribution in [1.29, 1.82) is 0 Å². The molecule has 1 aromatic rings. The van der Waals surface area contributed by atoms with E-state index in [0.717, 1.165) is 0 Å². The van der Waals surface area contributed by atoms with E-state index in [9.17, 15) is 22.4 Å². The lowest BCUT2D eigenvalue weighted by Crippen LogP contribution is -2.15. The third-order valence-electron chi connectivity index (χ3n) is 2.17. The topological polar surface area (TPSA) is 44.8 Å². The zero-order valence-corrected chi connectivity index (χ0v) is 10.6. The molecule has 0 radical (unpaired) electrons. The molecule has 8 heteroatoms. The molecule has 0 saturated heterocycles. The summed E-state index contributed by atoms with van der Waals surface area (Å²) in [7, 11) is 1.46. The van der Waals surface area contributed by atoms with Crippen LogP contribution in [0, 0.1) is 23.3 Å². The number of benzene rings is 1. The van der Waals surface area contributed by atoms with Crippen LogP contribution in [-0.4, -0.2) is 32.9 Å². The Balaban J connectivity index is 2.58. The van der Waals surface area contributed by atoms with E-state index in [1.807, 2.05) is 0 Å². The normalized spacial score (nSPS) is 10.7. The minimum Gasteiger partial charge on any atom is -0.420 e. The van der Waals surface area contributed by atoms with Gasteiger partial charge in [0.1, 0.15) is 0 Å². The molecule has 0 bridgehead atoms. The molecule has 0 aromatic heterocycles. The number of hydrogen-bond acceptors (Lipinski definition) is 4. The van der Waals surface area contributed by atoms with Gasteiger partial charge < -0.3 is 14.2 Å². The number of methoxy groups -OCH3 is 1. The van der Waals surface area contributed by atoms with E-state index in [-0.39, 0.29) is 25.7 Å². The van der Waals surface area contributed by atoms with Gasteiger partial charge >= 0.3 is 5.97 Å². The van der Waals surface area contributed by atoms with Gasteiger partial charge in [-0.25, -0.2) is 8.78 Å². The summed E-state index contributed by atoms with van der Waals surface area (Å²) in [5, 5.41) is 0. The van der Waals surface area contributed by atoms with Crippen molar-refractivity contribution in [2.24, 2.45) is 0 Å². The van der Waals surface area contributed by atoms with Gasteiger partial charge in [-0.1, -0.05) is 0 Å². The highest BCUT2D eigenvalue weighted by atomic mass is 19.2. The lowest BCUT2D eigenvalue weighted by Gasteiger charge is -2.08. The zero-order chi connectivity index (χ0) is 15.1. The summed E-state index contributed by atoms with van der Waals surface area (Å²) >= 11 is 0. The molecule has 0 N–H and O–H groups in total. The summed E-state index contributed by atoms with van der Waals surface area (Å²) in [4.78, 5) is 11.3. The van der Waals surface area contributed by atoms with Crippen LogP contribution in [0.1, 0.15) is 6.42 Å². The maximum absolute atomic E-state index is 13.2. The second-order valence-electron chi connectivity index (χ2n) is 3.63. The van der Waals surface area contributed by atoms with E-state index in [1.165, 1.54) is 7.11 Å². The van der Waals surface area contributed by atoms with E-state index in [2.05, 4.69) is 9.47 Å². The summed E-state index contributed by atoms with van der Waals surface area (Å²) in [6.45, 7) is 0.456. The predicted molar refractivity (Wildman–Crippen MR) is 59.2 cm³/mol. The van der Waals surface area contributed by atoms with Crippen LogP contribution in [0.3, 0.4) is 0 Å². The number of hydrogen-bond donors (Lipinski definition) is 0. The Bertz CT molecular complexity index is 453. The zero-order valence-electron chi connectivity index (χ0n) is 10.6. The Labute approximate surface area is 112 Å². The highest BCUT2D eigenvalue weighted by Gasteiger charge is 2.22. The number of carbonyl (C=O) groups excluding carboxylic acids is 1. The molecule has 0 aliphatic heterocycles. The maximum Gasteiger partial charge on any atom is 0.313 e. The Hall–Kier alpha value is -1.67. The van der Waals surface area contributed by atoms with Crippen LogP contribution in [0.5, 0.6) is 5.75 Å². The maximum atomic E-state index is 13.2. The number of esters is 1. The Morgan fingerprint density at radius 2 is 1.65 bits per heavy atom. The first kappa shape index (κ1) is 16.4. The second-order valence-corrected chi connectivity index (χ2v) is 3.63. The van der Waals surface area contributed by atoms with Crippen molar-refractivity contribution in [3.05, 3.63) is 29.3 Å². The molecule has 0 saturated carbocycles. The molecule has 4 nitrogen and oxygen atoms in total. The van der Waals surface area contributed by atoms with Gasteiger partial charge in [-0.3, -0.25) is 4.79 Å². The van der Waals surface area contributed by atoms with Crippen LogP contribution in [-0.2, 0) is 14.3 Å². The van der Waals surface area contributed by atoms with Crippen molar-refractivity contribution in [2.75, 3.05) is 26.9 Å². The van der Waals surface area contributed by atoms with Crippen molar-refractivity contribution < 1.29 is 36.6 Å². The molecule has 1 rings (SSSR count). The lowest BCUT2D eigenvalue weighted by molar-refractivity contribution is -0.136. The molecule has 0 spiro atoms. The molecule has 0 atom stereocenters. The quantitative estimate of drug-likeness (QED) is 0.254. The predicted octanol–water partition coefficient (Wildman–Crippen LogP) is 2.20. The van der Waals surface area contributed by atoms with E-state index in [1.54, 1.807) is 0 Å². The summed E-state index contributed by atoms with van der Waals surface area (Å²) in [5.41, 5.74) is 0. The van der Waals surface area contributed by atoms with E-state index >= 15 is 0 Å². The van der Waals surface area contributed by atoms with Gasteiger partial charge in [0.05, 0.1) is 26.2 Å². The van der Waals surface area contributed by atoms with Gasteiger partial charge in [0.2, 0.25) is 17.4 Å².